The molecule has 6 aliphatic rings. The molecule has 4 amide bonds. The number of fused-ring (bicyclic) bond motifs is 6. The van der Waals surface area contributed by atoms with Crippen LogP contribution in [0.3, 0.4) is 0 Å². The number of carbonyl (C=O) groups excluding carboxylic acids is 4. The molecule has 0 saturated carbocycles. The van der Waals surface area contributed by atoms with Gasteiger partial charge in [0.15, 0.2) is 0 Å². The van der Waals surface area contributed by atoms with E-state index in [-0.39, 0.29) is 23.9 Å². The van der Waals surface area contributed by atoms with Crippen LogP contribution < -0.4 is 20.1 Å². The quantitative estimate of drug-likeness (QED) is 0.150. The number of alkyl halides is 1. The number of benzene rings is 3. The molecule has 6 aliphatic heterocycles. The Labute approximate surface area is 410 Å². The zero-order valence-corrected chi connectivity index (χ0v) is 40.9. The first-order valence-electron chi connectivity index (χ1n) is 24.5. The van der Waals surface area contributed by atoms with Crippen molar-refractivity contribution in [1.82, 2.24) is 25.0 Å². The lowest BCUT2D eigenvalue weighted by Crippen LogP contribution is -2.58. The summed E-state index contributed by atoms with van der Waals surface area (Å²) in [6.45, 7) is 7.83. The van der Waals surface area contributed by atoms with E-state index < -0.39 is 47.9 Å². The van der Waals surface area contributed by atoms with Crippen molar-refractivity contribution in [3.05, 3.63) is 95.1 Å². The van der Waals surface area contributed by atoms with Crippen LogP contribution in [0.5, 0.6) is 11.5 Å². The number of aromatic nitrogens is 1. The number of allylic oxidation sites excluding steroid dienone is 2. The van der Waals surface area contributed by atoms with Gasteiger partial charge in [0, 0.05) is 60.7 Å². The molecule has 0 bridgehead atoms. The topological polar surface area (TPSA) is 165 Å². The number of ether oxygens (including phenoxy) is 4. The van der Waals surface area contributed by atoms with Crippen molar-refractivity contribution >= 4 is 57.5 Å². The van der Waals surface area contributed by atoms with E-state index >= 15 is 8.78 Å². The summed E-state index contributed by atoms with van der Waals surface area (Å²) in [5, 5.41) is 5.96. The molecule has 3 aromatic carbocycles. The van der Waals surface area contributed by atoms with E-state index in [0.29, 0.717) is 68.0 Å². The smallest absolute Gasteiger partial charge is 0.407 e. The lowest BCUT2D eigenvalue weighted by molar-refractivity contribution is -0.136. The number of nitrogens with one attached hydrogen (secondary N) is 2. The van der Waals surface area contributed by atoms with E-state index in [1.54, 1.807) is 16.0 Å². The Kier molecular flexibility index (Phi) is 12.7. The van der Waals surface area contributed by atoms with Crippen LogP contribution in [0, 0.1) is 11.7 Å². The molecule has 7 heterocycles. The van der Waals surface area contributed by atoms with Crippen LogP contribution in [0.2, 0.25) is 0 Å². The van der Waals surface area contributed by atoms with Crippen LogP contribution in [-0.4, -0.2) is 114 Å². The van der Waals surface area contributed by atoms with E-state index in [2.05, 4.69) is 22.8 Å². The predicted molar refractivity (Wildman–Crippen MR) is 265 cm³/mol. The summed E-state index contributed by atoms with van der Waals surface area (Å²) in [5.74, 6) is -0.156. The number of nitrogens with zero attached hydrogens (tertiary/aromatic N) is 5. The summed E-state index contributed by atoms with van der Waals surface area (Å²) in [5.41, 5.74) is 6.58. The van der Waals surface area contributed by atoms with Crippen molar-refractivity contribution in [3.63, 3.8) is 0 Å². The summed E-state index contributed by atoms with van der Waals surface area (Å²) >= 11 is 0. The summed E-state index contributed by atoms with van der Waals surface area (Å²) in [6.07, 6.45) is 6.92. The van der Waals surface area contributed by atoms with Gasteiger partial charge in [-0.15, -0.1) is 0 Å². The maximum Gasteiger partial charge on any atom is 0.407 e. The molecule has 2 saturated heterocycles. The van der Waals surface area contributed by atoms with Gasteiger partial charge in [-0.2, -0.15) is 0 Å². The lowest BCUT2D eigenvalue weighted by atomic mass is 9.95. The average molecular weight is 972 g/mol. The van der Waals surface area contributed by atoms with E-state index in [1.807, 2.05) is 61.0 Å². The molecule has 0 aliphatic carbocycles. The largest absolute Gasteiger partial charge is 0.493 e. The highest BCUT2D eigenvalue weighted by Gasteiger charge is 2.44. The van der Waals surface area contributed by atoms with Crippen LogP contribution >= 0.6 is 0 Å². The van der Waals surface area contributed by atoms with Gasteiger partial charge in [-0.05, 0) is 123 Å². The maximum atomic E-state index is 17.0. The summed E-state index contributed by atoms with van der Waals surface area (Å²) < 4.78 is 57.0. The first kappa shape index (κ1) is 47.6. The Bertz CT molecular complexity index is 2970. The number of methoxy groups -OCH3 is 2. The standard InChI is InChI=1S/C54H59F2N7O8/c1-29(2)47(59-52(66)68-5)49(64)61-17-7-11-41(61)39-23-36(28-58-39)33-21-37(55)46-43-24-34-20-31(15-16-40(34)63(43)51(71-45(46)26-33)32-14-13-30-10-9-19-70-44(30)25-32)35-22-38(57-27-35)42-12-8-18-62(42)50(65)48(54(3,4)56)60-53(67)69-6/h13-16,20-21,24-29,41-42,47-48,51H,7-12,17-19,22-23H2,1-6H3,(H,59,66)(H,60,67)/t41-,42-,47-,48?,51?/m0/s1. The van der Waals surface area contributed by atoms with Gasteiger partial charge in [-0.3, -0.25) is 19.6 Å². The highest BCUT2D eigenvalue weighted by Crippen LogP contribution is 2.48. The second-order valence-corrected chi connectivity index (χ2v) is 20.1. The Morgan fingerprint density at radius 3 is 2.11 bits per heavy atom. The fourth-order valence-electron chi connectivity index (χ4n) is 11.0. The van der Waals surface area contributed by atoms with Gasteiger partial charge in [0.1, 0.15) is 35.1 Å². The molecule has 2 unspecified atom stereocenters. The lowest BCUT2D eigenvalue weighted by Gasteiger charge is -2.33. The second-order valence-electron chi connectivity index (χ2n) is 20.1. The maximum absolute atomic E-state index is 17.0. The number of rotatable bonds is 11. The van der Waals surface area contributed by atoms with E-state index in [0.717, 1.165) is 81.6 Å². The predicted octanol–water partition coefficient (Wildman–Crippen LogP) is 8.92. The van der Waals surface area contributed by atoms with Gasteiger partial charge in [-0.25, -0.2) is 18.4 Å². The van der Waals surface area contributed by atoms with Gasteiger partial charge in [0.25, 0.3) is 0 Å². The fourth-order valence-corrected chi connectivity index (χ4v) is 11.0. The van der Waals surface area contributed by atoms with Crippen LogP contribution in [0.15, 0.2) is 77.0 Å². The number of hydrogen-bond donors (Lipinski definition) is 2. The molecule has 5 atom stereocenters. The Hall–Kier alpha value is -7.04. The van der Waals surface area contributed by atoms with Crippen LogP contribution in [0.25, 0.3) is 33.3 Å². The number of alkyl carbamates (subject to hydrolysis) is 2. The average Bonchev–Trinajstić information content (AvgIpc) is 4.22. The molecule has 10 rings (SSSR count). The van der Waals surface area contributed by atoms with Crippen LogP contribution in [0.4, 0.5) is 18.4 Å². The number of halogens is 2. The number of amides is 4. The van der Waals surface area contributed by atoms with Crippen LogP contribution in [0.1, 0.15) is 101 Å². The molecule has 372 valence electrons. The first-order chi connectivity index (χ1) is 34.1. The highest BCUT2D eigenvalue weighted by molar-refractivity contribution is 6.06. The van der Waals surface area contributed by atoms with Gasteiger partial charge < -0.3 is 43.9 Å². The van der Waals surface area contributed by atoms with Crippen molar-refractivity contribution in [2.75, 3.05) is 33.9 Å². The SMILES string of the molecule is COC(=O)NC(C(=O)N1CCC[C@H]1C1=NC=C(c2ccc3c(c2)cc2n3C(c3ccc4c(c3)OCCC4)Oc3cc(C4=CN=C([C@@H]5CCCN5C(=O)[C@@H](NC(=O)OC)C(C)C)C4)cc(F)c3-2)C1)C(C)(C)F. The number of aliphatic imine (C=N–C) groups is 2. The molecule has 15 nitrogen and oxygen atoms in total. The van der Waals surface area contributed by atoms with Gasteiger partial charge >= 0.3 is 12.2 Å². The minimum absolute atomic E-state index is 0.169. The van der Waals surface area contributed by atoms with Crippen molar-refractivity contribution in [2.24, 2.45) is 15.9 Å². The van der Waals surface area contributed by atoms with E-state index in [4.69, 9.17) is 28.9 Å². The van der Waals surface area contributed by atoms with Crippen molar-refractivity contribution in [2.45, 2.75) is 115 Å². The molecule has 17 heteroatoms. The number of hydrogen-bond acceptors (Lipinski definition) is 10. The number of aryl methyl sites for hydroxylation is 1. The third kappa shape index (κ3) is 8.92. The minimum atomic E-state index is -2.05. The summed E-state index contributed by atoms with van der Waals surface area (Å²) in [4.78, 5) is 65.0. The molecule has 1 aromatic heterocycles. The monoisotopic (exact) mass is 971 g/mol. The van der Waals surface area contributed by atoms with Crippen molar-refractivity contribution < 1.29 is 46.9 Å². The summed E-state index contributed by atoms with van der Waals surface area (Å²) in [6, 6.07) is 14.8. The van der Waals surface area contributed by atoms with Crippen molar-refractivity contribution in [1.29, 1.82) is 0 Å². The van der Waals surface area contributed by atoms with Gasteiger partial charge in [0.2, 0.25) is 18.0 Å². The van der Waals surface area contributed by atoms with Crippen molar-refractivity contribution in [3.8, 4) is 22.8 Å². The van der Waals surface area contributed by atoms with Gasteiger partial charge in [0.05, 0.1) is 49.7 Å². The molecule has 2 N–H and O–H groups in total. The normalized spacial score (nSPS) is 21.2. The minimum Gasteiger partial charge on any atom is -0.493 e. The third-order valence-corrected chi connectivity index (χ3v) is 14.7. The third-order valence-electron chi connectivity index (χ3n) is 14.7. The van der Waals surface area contributed by atoms with E-state index in [9.17, 15) is 19.2 Å². The molecule has 71 heavy (non-hydrogen) atoms. The molecular weight excluding hydrogens is 913 g/mol. The molecule has 0 spiro atoms. The summed E-state index contributed by atoms with van der Waals surface area (Å²) in [7, 11) is 2.44. The van der Waals surface area contributed by atoms with Crippen LogP contribution in [-0.2, 0) is 25.5 Å². The second kappa shape index (κ2) is 18.9. The zero-order chi connectivity index (χ0) is 49.9. The number of likely N-dealkylation sites (tertiary alicyclic amines) is 2. The Morgan fingerprint density at radius 1 is 0.789 bits per heavy atom. The highest BCUT2D eigenvalue weighted by atomic mass is 19.1. The first-order valence-corrected chi connectivity index (χ1v) is 24.5. The molecule has 2 fully saturated rings. The molecule has 4 aromatic rings. The molecule has 0 radical (unpaired) electrons. The Morgan fingerprint density at radius 2 is 1.45 bits per heavy atom. The van der Waals surface area contributed by atoms with Gasteiger partial charge in [-0.1, -0.05) is 32.0 Å². The van der Waals surface area contributed by atoms with E-state index in [1.165, 1.54) is 34.1 Å². The zero-order valence-electron chi connectivity index (χ0n) is 40.9. The fraction of sp³-hybridized carbons (Fsp3) is 0.444. The number of carbonyl (C=O) groups is 4. The Balaban J connectivity index is 0.931. The molecular formula is C54H59F2N7O8.